The van der Waals surface area contributed by atoms with Crippen LogP contribution in [0.25, 0.3) is 10.9 Å². The van der Waals surface area contributed by atoms with Gasteiger partial charge in [-0.15, -0.1) is 0 Å². The number of anilines is 1. The number of para-hydroxylation sites is 1. The molecule has 1 atom stereocenters. The number of aromatic nitrogens is 2. The Morgan fingerprint density at radius 2 is 2.07 bits per heavy atom. The lowest BCUT2D eigenvalue weighted by atomic mass is 9.93. The van der Waals surface area contributed by atoms with E-state index in [0.29, 0.717) is 43.1 Å². The third-order valence-corrected chi connectivity index (χ3v) is 6.11. The summed E-state index contributed by atoms with van der Waals surface area (Å²) in [4.78, 5) is 35.6. The first-order valence-electron chi connectivity index (χ1n) is 10.8. The number of aliphatic hydroxyl groups is 1. The molecule has 30 heavy (non-hydrogen) atoms. The first kappa shape index (κ1) is 20.5. The van der Waals surface area contributed by atoms with Crippen LogP contribution in [0.3, 0.4) is 0 Å². The number of hydrogen-bond acceptors (Lipinski definition) is 6. The second-order valence-electron chi connectivity index (χ2n) is 8.30. The van der Waals surface area contributed by atoms with Gasteiger partial charge in [0.05, 0.1) is 17.2 Å². The van der Waals surface area contributed by atoms with Crippen molar-refractivity contribution >= 4 is 28.7 Å². The highest BCUT2D eigenvalue weighted by molar-refractivity contribution is 6.05. The summed E-state index contributed by atoms with van der Waals surface area (Å²) in [5, 5.41) is 16.8. The minimum atomic E-state index is -0.213. The van der Waals surface area contributed by atoms with Crippen LogP contribution in [0.1, 0.15) is 49.4 Å². The number of benzene rings is 1. The van der Waals surface area contributed by atoms with Gasteiger partial charge in [-0.05, 0) is 38.7 Å². The summed E-state index contributed by atoms with van der Waals surface area (Å²) in [6.07, 6.45) is 5.30. The van der Waals surface area contributed by atoms with Crippen LogP contribution in [0.4, 0.5) is 5.95 Å². The number of carbonyl (C=O) groups is 2. The molecule has 2 heterocycles. The summed E-state index contributed by atoms with van der Waals surface area (Å²) in [6.45, 7) is 3.84. The molecular weight excluding hydrogens is 382 g/mol. The van der Waals surface area contributed by atoms with Crippen molar-refractivity contribution < 1.29 is 14.7 Å². The monoisotopic (exact) mass is 411 g/mol. The van der Waals surface area contributed by atoms with Crippen LogP contribution in [0.15, 0.2) is 24.4 Å². The third kappa shape index (κ3) is 4.53. The molecule has 160 valence electrons. The zero-order chi connectivity index (χ0) is 21.1. The first-order valence-corrected chi connectivity index (χ1v) is 10.8. The van der Waals surface area contributed by atoms with E-state index in [4.69, 9.17) is 0 Å². The van der Waals surface area contributed by atoms with Gasteiger partial charge in [-0.25, -0.2) is 9.97 Å². The minimum Gasteiger partial charge on any atom is -0.393 e. The molecule has 1 unspecified atom stereocenters. The minimum absolute atomic E-state index is 0.143. The maximum Gasteiger partial charge on any atom is 0.253 e. The molecule has 2 amide bonds. The molecule has 0 radical (unpaired) electrons. The van der Waals surface area contributed by atoms with E-state index in [1.54, 1.807) is 12.3 Å². The van der Waals surface area contributed by atoms with Crippen LogP contribution in [-0.2, 0) is 4.79 Å². The molecule has 4 rings (SSSR count). The largest absolute Gasteiger partial charge is 0.393 e. The van der Waals surface area contributed by atoms with Gasteiger partial charge in [-0.3, -0.25) is 9.59 Å². The van der Waals surface area contributed by atoms with Gasteiger partial charge < -0.3 is 20.6 Å². The topological polar surface area (TPSA) is 107 Å². The van der Waals surface area contributed by atoms with Gasteiger partial charge in [0.1, 0.15) is 0 Å². The molecule has 2 aromatic rings. The Hall–Kier alpha value is -2.74. The van der Waals surface area contributed by atoms with Gasteiger partial charge in [0, 0.05) is 49.6 Å². The SMILES string of the molecule is CCN1CC(CNC(=O)c2cccc3cnc(NC4CCC(O)CC4)nc23)CC1=O. The average molecular weight is 412 g/mol. The van der Waals surface area contributed by atoms with Crippen LogP contribution in [0, 0.1) is 5.92 Å². The Kier molecular flexibility index (Phi) is 6.13. The van der Waals surface area contributed by atoms with E-state index in [-0.39, 0.29) is 29.9 Å². The van der Waals surface area contributed by atoms with Crippen LogP contribution in [-0.4, -0.2) is 63.6 Å². The number of carbonyl (C=O) groups excluding carboxylic acids is 2. The summed E-state index contributed by atoms with van der Waals surface area (Å²) in [7, 11) is 0. The third-order valence-electron chi connectivity index (χ3n) is 6.11. The van der Waals surface area contributed by atoms with Crippen LogP contribution >= 0.6 is 0 Å². The number of likely N-dealkylation sites (tertiary alicyclic amines) is 1. The lowest BCUT2D eigenvalue weighted by Gasteiger charge is -2.26. The number of rotatable bonds is 6. The molecule has 1 aromatic carbocycles. The highest BCUT2D eigenvalue weighted by Crippen LogP contribution is 2.23. The average Bonchev–Trinajstić information content (AvgIpc) is 3.13. The van der Waals surface area contributed by atoms with E-state index < -0.39 is 0 Å². The number of amides is 2. The van der Waals surface area contributed by atoms with Crippen molar-refractivity contribution in [3.63, 3.8) is 0 Å². The predicted octanol–water partition coefficient (Wildman–Crippen LogP) is 1.94. The fraction of sp³-hybridized carbons (Fsp3) is 0.545. The predicted molar refractivity (Wildman–Crippen MR) is 114 cm³/mol. The van der Waals surface area contributed by atoms with E-state index in [1.165, 1.54) is 0 Å². The van der Waals surface area contributed by atoms with Crippen LogP contribution in [0.2, 0.25) is 0 Å². The molecular formula is C22H29N5O3. The maximum atomic E-state index is 12.9. The maximum absolute atomic E-state index is 12.9. The van der Waals surface area contributed by atoms with Crippen molar-refractivity contribution in [2.45, 2.75) is 51.2 Å². The zero-order valence-electron chi connectivity index (χ0n) is 17.3. The van der Waals surface area contributed by atoms with Crippen molar-refractivity contribution in [3.8, 4) is 0 Å². The number of hydrogen-bond donors (Lipinski definition) is 3. The van der Waals surface area contributed by atoms with Gasteiger partial charge in [-0.1, -0.05) is 12.1 Å². The van der Waals surface area contributed by atoms with Crippen molar-refractivity contribution in [2.75, 3.05) is 25.0 Å². The van der Waals surface area contributed by atoms with Gasteiger partial charge in [-0.2, -0.15) is 0 Å². The Balaban J connectivity index is 1.45. The van der Waals surface area contributed by atoms with Gasteiger partial charge in [0.25, 0.3) is 5.91 Å². The van der Waals surface area contributed by atoms with Crippen molar-refractivity contribution in [2.24, 2.45) is 5.92 Å². The van der Waals surface area contributed by atoms with E-state index in [0.717, 1.165) is 31.1 Å². The van der Waals surface area contributed by atoms with E-state index in [1.807, 2.05) is 24.0 Å². The van der Waals surface area contributed by atoms with Gasteiger partial charge in [0.15, 0.2) is 0 Å². The second kappa shape index (κ2) is 8.95. The van der Waals surface area contributed by atoms with Crippen molar-refractivity contribution in [3.05, 3.63) is 30.0 Å². The second-order valence-corrected chi connectivity index (χ2v) is 8.30. The molecule has 1 saturated carbocycles. The molecule has 2 fully saturated rings. The summed E-state index contributed by atoms with van der Waals surface area (Å²) in [5.41, 5.74) is 1.12. The molecule has 0 spiro atoms. The highest BCUT2D eigenvalue weighted by atomic mass is 16.3. The molecule has 0 bridgehead atoms. The molecule has 1 aromatic heterocycles. The number of nitrogens with zero attached hydrogens (tertiary/aromatic N) is 3. The summed E-state index contributed by atoms with van der Waals surface area (Å²) in [5.74, 6) is 0.614. The Bertz CT molecular complexity index is 926. The summed E-state index contributed by atoms with van der Waals surface area (Å²) in [6, 6.07) is 5.72. The smallest absolute Gasteiger partial charge is 0.253 e. The first-order chi connectivity index (χ1) is 14.5. The quantitative estimate of drug-likeness (QED) is 0.671. The molecule has 8 heteroatoms. The summed E-state index contributed by atoms with van der Waals surface area (Å²) >= 11 is 0. The van der Waals surface area contributed by atoms with Crippen molar-refractivity contribution in [1.82, 2.24) is 20.2 Å². The fourth-order valence-electron chi connectivity index (χ4n) is 4.34. The standard InChI is InChI=1S/C22H29N5O3/c1-2-27-13-14(10-19(27)29)11-23-21(30)18-5-3-4-15-12-24-22(26-20(15)18)25-16-6-8-17(28)9-7-16/h3-5,12,14,16-17,28H,2,6-11,13H2,1H3,(H,23,30)(H,24,25,26). The zero-order valence-corrected chi connectivity index (χ0v) is 17.3. The molecule has 1 saturated heterocycles. The number of nitrogens with one attached hydrogen (secondary N) is 2. The normalized spacial score (nSPS) is 24.3. The number of aliphatic hydroxyl groups excluding tert-OH is 1. The van der Waals surface area contributed by atoms with Crippen LogP contribution in [0.5, 0.6) is 0 Å². The Labute approximate surface area is 176 Å². The van der Waals surface area contributed by atoms with Gasteiger partial charge >= 0.3 is 0 Å². The molecule has 8 nitrogen and oxygen atoms in total. The van der Waals surface area contributed by atoms with Gasteiger partial charge in [0.2, 0.25) is 11.9 Å². The number of fused-ring (bicyclic) bond motifs is 1. The molecule has 2 aliphatic rings. The van der Waals surface area contributed by atoms with Crippen molar-refractivity contribution in [1.29, 1.82) is 0 Å². The van der Waals surface area contributed by atoms with E-state index in [2.05, 4.69) is 20.6 Å². The molecule has 1 aliphatic carbocycles. The lowest BCUT2D eigenvalue weighted by Crippen LogP contribution is -2.31. The highest BCUT2D eigenvalue weighted by Gasteiger charge is 2.28. The van der Waals surface area contributed by atoms with E-state index >= 15 is 0 Å². The summed E-state index contributed by atoms with van der Waals surface area (Å²) < 4.78 is 0. The Morgan fingerprint density at radius 3 is 2.80 bits per heavy atom. The van der Waals surface area contributed by atoms with Crippen LogP contribution < -0.4 is 10.6 Å². The Morgan fingerprint density at radius 1 is 1.27 bits per heavy atom. The lowest BCUT2D eigenvalue weighted by molar-refractivity contribution is -0.127. The fourth-order valence-corrected chi connectivity index (χ4v) is 4.34. The molecule has 1 aliphatic heterocycles. The van der Waals surface area contributed by atoms with E-state index in [9.17, 15) is 14.7 Å². The molecule has 3 N–H and O–H groups in total.